The number of fused-ring (bicyclic) bond motifs is 2. The van der Waals surface area contributed by atoms with Crippen LogP contribution in [0.15, 0.2) is 35.5 Å². The molecule has 1 aromatic carbocycles. The van der Waals surface area contributed by atoms with Crippen LogP contribution in [-0.2, 0) is 13.0 Å². The summed E-state index contributed by atoms with van der Waals surface area (Å²) in [5.41, 5.74) is 6.66. The molecule has 0 unspecified atom stereocenters. The Morgan fingerprint density at radius 3 is 3.04 bits per heavy atom. The Hall–Kier alpha value is -2.89. The van der Waals surface area contributed by atoms with Crippen LogP contribution in [0.1, 0.15) is 36.7 Å². The summed E-state index contributed by atoms with van der Waals surface area (Å²) >= 11 is 0. The molecular weight excluding hydrogens is 324 g/mol. The highest BCUT2D eigenvalue weighted by Gasteiger charge is 2.28. The van der Waals surface area contributed by atoms with Crippen LogP contribution < -0.4 is 5.32 Å². The first-order valence-electron chi connectivity index (χ1n) is 9.40. The van der Waals surface area contributed by atoms with Gasteiger partial charge in [-0.05, 0) is 37.5 Å². The first-order chi connectivity index (χ1) is 12.9. The molecule has 3 aromatic rings. The molecule has 6 rings (SSSR count). The van der Waals surface area contributed by atoms with Crippen molar-refractivity contribution >= 4 is 11.9 Å². The van der Waals surface area contributed by atoms with Crippen molar-refractivity contribution in [3.8, 4) is 22.6 Å². The van der Waals surface area contributed by atoms with Gasteiger partial charge < -0.3 is 9.88 Å². The van der Waals surface area contributed by atoms with Crippen molar-refractivity contribution in [1.82, 2.24) is 19.3 Å². The molecular formula is C20H20N6. The van der Waals surface area contributed by atoms with E-state index in [4.69, 9.17) is 10.1 Å². The number of aryl methyl sites for hydroxylation is 1. The van der Waals surface area contributed by atoms with Crippen LogP contribution >= 0.6 is 0 Å². The van der Waals surface area contributed by atoms with Crippen LogP contribution in [0.4, 0.5) is 5.69 Å². The summed E-state index contributed by atoms with van der Waals surface area (Å²) in [4.78, 5) is 9.33. The molecule has 1 N–H and O–H groups in total. The normalized spacial score (nSPS) is 17.8. The maximum absolute atomic E-state index is 4.98. The molecule has 0 radical (unpaired) electrons. The summed E-state index contributed by atoms with van der Waals surface area (Å²) in [7, 11) is 0. The second-order valence-electron chi connectivity index (χ2n) is 7.34. The summed E-state index contributed by atoms with van der Waals surface area (Å²) in [5, 5.41) is 8.15. The van der Waals surface area contributed by atoms with Gasteiger partial charge in [0.05, 0.1) is 11.7 Å². The van der Waals surface area contributed by atoms with Crippen molar-refractivity contribution in [1.29, 1.82) is 0 Å². The SMILES string of the molecule is C1=NCNc2ccc(-c3c(-c4ccn(C5CC5)n4)nc4n3CCC4)cc21. The van der Waals surface area contributed by atoms with E-state index in [2.05, 4.69) is 50.0 Å². The van der Waals surface area contributed by atoms with Crippen LogP contribution in [-0.4, -0.2) is 32.2 Å². The number of hydrogen-bond donors (Lipinski definition) is 1. The number of aliphatic imine (C=N–C) groups is 1. The van der Waals surface area contributed by atoms with Gasteiger partial charge in [0, 0.05) is 42.2 Å². The second-order valence-corrected chi connectivity index (χ2v) is 7.34. The molecule has 4 heterocycles. The summed E-state index contributed by atoms with van der Waals surface area (Å²) in [5.74, 6) is 1.18. The Balaban J connectivity index is 1.51. The highest BCUT2D eigenvalue weighted by Crippen LogP contribution is 2.38. The fourth-order valence-electron chi connectivity index (χ4n) is 4.06. The fraction of sp³-hybridized carbons (Fsp3) is 0.350. The van der Waals surface area contributed by atoms with Crippen molar-refractivity contribution in [2.45, 2.75) is 38.3 Å². The van der Waals surface area contributed by atoms with E-state index in [0.717, 1.165) is 35.6 Å². The number of aromatic nitrogens is 4. The lowest BCUT2D eigenvalue weighted by Gasteiger charge is -2.15. The minimum atomic E-state index is 0.590. The standard InChI is InChI=1S/C20H20N6/c1-2-18-23-19(17-7-9-26(24-17)15-4-5-15)20(25(18)8-1)13-3-6-16-14(10-13)11-21-12-22-16/h3,6-7,9-11,15,22H,1-2,4-5,8,12H2. The third kappa shape index (κ3) is 2.14. The lowest BCUT2D eigenvalue weighted by molar-refractivity contribution is 0.643. The Morgan fingerprint density at radius 1 is 1.15 bits per heavy atom. The van der Waals surface area contributed by atoms with Gasteiger partial charge in [0.2, 0.25) is 0 Å². The first-order valence-corrected chi connectivity index (χ1v) is 9.40. The molecule has 130 valence electrons. The van der Waals surface area contributed by atoms with Crippen molar-refractivity contribution in [2.75, 3.05) is 12.0 Å². The van der Waals surface area contributed by atoms with Gasteiger partial charge >= 0.3 is 0 Å². The Kier molecular flexibility index (Phi) is 2.92. The molecule has 0 bridgehead atoms. The van der Waals surface area contributed by atoms with E-state index in [1.54, 1.807) is 0 Å². The predicted octanol–water partition coefficient (Wildman–Crippen LogP) is 3.50. The molecule has 0 amide bonds. The minimum absolute atomic E-state index is 0.590. The molecule has 2 aromatic heterocycles. The Labute approximate surface area is 151 Å². The van der Waals surface area contributed by atoms with Gasteiger partial charge in [-0.2, -0.15) is 5.10 Å². The molecule has 1 saturated carbocycles. The lowest BCUT2D eigenvalue weighted by Crippen LogP contribution is -2.08. The summed E-state index contributed by atoms with van der Waals surface area (Å²) in [6, 6.07) is 9.26. The van der Waals surface area contributed by atoms with Crippen LogP contribution in [0, 0.1) is 0 Å². The van der Waals surface area contributed by atoms with E-state index in [1.807, 2.05) is 6.21 Å². The number of imidazole rings is 1. The number of nitrogens with one attached hydrogen (secondary N) is 1. The van der Waals surface area contributed by atoms with Gasteiger partial charge in [0.1, 0.15) is 23.9 Å². The van der Waals surface area contributed by atoms with Crippen molar-refractivity contribution < 1.29 is 0 Å². The van der Waals surface area contributed by atoms with Crippen LogP contribution in [0.2, 0.25) is 0 Å². The largest absolute Gasteiger partial charge is 0.366 e. The molecule has 6 heteroatoms. The van der Waals surface area contributed by atoms with E-state index in [1.165, 1.54) is 36.3 Å². The fourth-order valence-corrected chi connectivity index (χ4v) is 4.06. The van der Waals surface area contributed by atoms with Gasteiger partial charge in [-0.15, -0.1) is 0 Å². The average molecular weight is 344 g/mol. The molecule has 2 aliphatic heterocycles. The van der Waals surface area contributed by atoms with Crippen molar-refractivity contribution in [2.24, 2.45) is 4.99 Å². The van der Waals surface area contributed by atoms with Gasteiger partial charge in [-0.1, -0.05) is 6.07 Å². The van der Waals surface area contributed by atoms with Crippen molar-refractivity contribution in [3.63, 3.8) is 0 Å². The van der Waals surface area contributed by atoms with Crippen LogP contribution in [0.25, 0.3) is 22.6 Å². The van der Waals surface area contributed by atoms with Crippen LogP contribution in [0.5, 0.6) is 0 Å². The Bertz CT molecular complexity index is 1040. The van der Waals surface area contributed by atoms with Crippen LogP contribution in [0.3, 0.4) is 0 Å². The molecule has 0 saturated heterocycles. The number of anilines is 1. The van der Waals surface area contributed by atoms with Gasteiger partial charge in [-0.25, -0.2) is 4.98 Å². The highest BCUT2D eigenvalue weighted by atomic mass is 15.3. The maximum atomic E-state index is 4.98. The van der Waals surface area contributed by atoms with E-state index in [9.17, 15) is 0 Å². The molecule has 0 atom stereocenters. The molecule has 0 spiro atoms. The summed E-state index contributed by atoms with van der Waals surface area (Å²) < 4.78 is 4.48. The number of rotatable bonds is 3. The zero-order valence-electron chi connectivity index (χ0n) is 14.5. The van der Waals surface area contributed by atoms with Crippen molar-refractivity contribution in [3.05, 3.63) is 41.9 Å². The van der Waals surface area contributed by atoms with E-state index in [0.29, 0.717) is 12.7 Å². The van der Waals surface area contributed by atoms with E-state index < -0.39 is 0 Å². The zero-order chi connectivity index (χ0) is 17.1. The minimum Gasteiger partial charge on any atom is -0.366 e. The first kappa shape index (κ1) is 14.3. The maximum Gasteiger partial charge on any atom is 0.117 e. The lowest BCUT2D eigenvalue weighted by atomic mass is 10.0. The third-order valence-corrected chi connectivity index (χ3v) is 5.52. The Morgan fingerprint density at radius 2 is 2.12 bits per heavy atom. The molecule has 6 nitrogen and oxygen atoms in total. The highest BCUT2D eigenvalue weighted by molar-refractivity contribution is 5.92. The number of nitrogens with zero attached hydrogens (tertiary/aromatic N) is 5. The van der Waals surface area contributed by atoms with Gasteiger partial charge in [0.25, 0.3) is 0 Å². The number of benzene rings is 1. The monoisotopic (exact) mass is 344 g/mol. The predicted molar refractivity (Wildman–Crippen MR) is 102 cm³/mol. The molecule has 26 heavy (non-hydrogen) atoms. The molecule has 1 aliphatic carbocycles. The van der Waals surface area contributed by atoms with E-state index >= 15 is 0 Å². The molecule has 3 aliphatic rings. The average Bonchev–Trinajstić information content (AvgIpc) is 3.08. The van der Waals surface area contributed by atoms with Gasteiger partial charge in [0.15, 0.2) is 0 Å². The second kappa shape index (κ2) is 5.30. The third-order valence-electron chi connectivity index (χ3n) is 5.52. The molecule has 1 fully saturated rings. The van der Waals surface area contributed by atoms with E-state index in [-0.39, 0.29) is 0 Å². The topological polar surface area (TPSA) is 60.0 Å². The van der Waals surface area contributed by atoms with Gasteiger partial charge in [-0.3, -0.25) is 9.67 Å². The smallest absolute Gasteiger partial charge is 0.117 e. The number of hydrogen-bond acceptors (Lipinski definition) is 4. The quantitative estimate of drug-likeness (QED) is 0.791. The zero-order valence-corrected chi connectivity index (χ0v) is 14.5. The summed E-state index contributed by atoms with van der Waals surface area (Å²) in [6.07, 6.45) is 8.75. The summed E-state index contributed by atoms with van der Waals surface area (Å²) in [6.45, 7) is 1.68.